The van der Waals surface area contributed by atoms with Crippen molar-refractivity contribution in [3.8, 4) is 5.75 Å². The predicted molar refractivity (Wildman–Crippen MR) is 37.7 cm³/mol. The smallest absolute Gasteiger partial charge is 0.870 e. The van der Waals surface area contributed by atoms with Crippen LogP contribution in [0, 0.1) is 0 Å². The zero-order valence-electron chi connectivity index (χ0n) is 5.58. The fraction of sp³-hybridized carbons (Fsp3) is 0. The van der Waals surface area contributed by atoms with Crippen molar-refractivity contribution in [1.29, 1.82) is 0 Å². The number of hydrogen-bond acceptors (Lipinski definition) is 2. The van der Waals surface area contributed by atoms with Crippen LogP contribution in [0.5, 0.6) is 5.75 Å². The Hall–Kier alpha value is 0.460. The molecule has 50 valence electrons. The van der Waals surface area contributed by atoms with Gasteiger partial charge in [-0.25, -0.2) is 0 Å². The molecule has 0 radical (unpaired) electrons. The molecule has 0 spiro atoms. The molecule has 0 atom stereocenters. The van der Waals surface area contributed by atoms with Crippen LogP contribution in [-0.4, -0.2) is 10.6 Å². The van der Waals surface area contributed by atoms with Crippen LogP contribution in [0.3, 0.4) is 0 Å². The van der Waals surface area contributed by atoms with E-state index in [1.165, 1.54) is 0 Å². The third-order valence-electron chi connectivity index (χ3n) is 0.852. The Labute approximate surface area is 90.0 Å². The van der Waals surface area contributed by atoms with Crippen molar-refractivity contribution < 1.29 is 40.1 Å². The number of halogens is 1. The number of hydrogen-bond donors (Lipinski definition) is 1. The van der Waals surface area contributed by atoms with Gasteiger partial charge in [0.05, 0.1) is 4.47 Å². The molecule has 1 rings (SSSR count). The molecule has 4 heteroatoms. The molecule has 0 saturated carbocycles. The van der Waals surface area contributed by atoms with E-state index in [-0.39, 0.29) is 40.8 Å². The van der Waals surface area contributed by atoms with Gasteiger partial charge in [-0.05, 0) is 28.1 Å². The summed E-state index contributed by atoms with van der Waals surface area (Å²) >= 11 is 3.15. The van der Waals surface area contributed by atoms with Crippen molar-refractivity contribution in [3.63, 3.8) is 0 Å². The number of aromatic hydroxyl groups is 1. The molecule has 1 aromatic rings. The van der Waals surface area contributed by atoms with Gasteiger partial charge in [-0.15, -0.1) is 0 Å². The standard InChI is InChI=1S/C6H5BrO.Na.H2O/c7-5-3-1-2-4-6(5)8;;/h1-4,8H;;1H2/q;+1;/p-1. The Morgan fingerprint density at radius 3 is 2.00 bits per heavy atom. The average molecular weight is 213 g/mol. The van der Waals surface area contributed by atoms with E-state index >= 15 is 0 Å². The van der Waals surface area contributed by atoms with Crippen LogP contribution < -0.4 is 29.6 Å². The summed E-state index contributed by atoms with van der Waals surface area (Å²) < 4.78 is 0.736. The van der Waals surface area contributed by atoms with Gasteiger partial charge >= 0.3 is 29.6 Å². The number of rotatable bonds is 0. The number of para-hydroxylation sites is 1. The summed E-state index contributed by atoms with van der Waals surface area (Å²) in [5, 5.41) is 8.87. The molecule has 0 fully saturated rings. The number of phenols is 1. The van der Waals surface area contributed by atoms with Crippen LogP contribution in [0.1, 0.15) is 0 Å². The molecule has 10 heavy (non-hydrogen) atoms. The number of phenolic OH excluding ortho intramolecular Hbond substituents is 1. The quantitative estimate of drug-likeness (QED) is 0.561. The summed E-state index contributed by atoms with van der Waals surface area (Å²) in [6.45, 7) is 0. The molecule has 0 aliphatic carbocycles. The third-order valence-corrected chi connectivity index (χ3v) is 1.52. The Morgan fingerprint density at radius 2 is 1.70 bits per heavy atom. The Bertz CT molecular complexity index is 172. The fourth-order valence-corrected chi connectivity index (χ4v) is 0.737. The minimum Gasteiger partial charge on any atom is -0.870 e. The predicted octanol–water partition coefficient (Wildman–Crippen LogP) is -1.02. The van der Waals surface area contributed by atoms with Crippen LogP contribution in [0.25, 0.3) is 0 Å². The maximum atomic E-state index is 8.87. The van der Waals surface area contributed by atoms with E-state index in [1.807, 2.05) is 6.07 Å². The van der Waals surface area contributed by atoms with E-state index in [1.54, 1.807) is 18.2 Å². The number of benzene rings is 1. The summed E-state index contributed by atoms with van der Waals surface area (Å²) in [4.78, 5) is 0. The minimum atomic E-state index is 0. The fourth-order valence-electron chi connectivity index (χ4n) is 0.452. The van der Waals surface area contributed by atoms with Crippen molar-refractivity contribution in [2.45, 2.75) is 0 Å². The van der Waals surface area contributed by atoms with Crippen LogP contribution >= 0.6 is 15.9 Å². The van der Waals surface area contributed by atoms with Crippen molar-refractivity contribution in [1.82, 2.24) is 0 Å². The Balaban J connectivity index is 0. The first-order chi connectivity index (χ1) is 3.80. The molecule has 0 unspecified atom stereocenters. The molecule has 0 aliphatic heterocycles. The molecule has 0 heterocycles. The summed E-state index contributed by atoms with van der Waals surface area (Å²) in [6, 6.07) is 7.04. The molecule has 2 nitrogen and oxygen atoms in total. The molecule has 0 amide bonds. The normalized spacial score (nSPS) is 7.30. The second kappa shape index (κ2) is 6.19. The van der Waals surface area contributed by atoms with E-state index in [0.717, 1.165) is 4.47 Å². The summed E-state index contributed by atoms with van der Waals surface area (Å²) in [5.74, 6) is 0.285. The topological polar surface area (TPSA) is 50.2 Å². The van der Waals surface area contributed by atoms with Crippen LogP contribution in [0.2, 0.25) is 0 Å². The van der Waals surface area contributed by atoms with Gasteiger partial charge in [0, 0.05) is 0 Å². The van der Waals surface area contributed by atoms with Gasteiger partial charge in [-0.1, -0.05) is 12.1 Å². The van der Waals surface area contributed by atoms with E-state index in [0.29, 0.717) is 0 Å². The first kappa shape index (κ1) is 13.1. The van der Waals surface area contributed by atoms with E-state index in [9.17, 15) is 0 Å². The maximum Gasteiger partial charge on any atom is 1.00 e. The SMILES string of the molecule is Oc1ccccc1Br.[Na+].[OH-]. The summed E-state index contributed by atoms with van der Waals surface area (Å²) in [6.07, 6.45) is 0. The molecular weight excluding hydrogens is 207 g/mol. The second-order valence-electron chi connectivity index (χ2n) is 1.45. The van der Waals surface area contributed by atoms with E-state index < -0.39 is 0 Å². The van der Waals surface area contributed by atoms with Crippen LogP contribution in [-0.2, 0) is 0 Å². The third kappa shape index (κ3) is 3.58. The van der Waals surface area contributed by atoms with E-state index in [2.05, 4.69) is 15.9 Å². The van der Waals surface area contributed by atoms with Gasteiger partial charge in [0.25, 0.3) is 0 Å². The molecule has 1 aromatic carbocycles. The zero-order valence-corrected chi connectivity index (χ0v) is 9.17. The van der Waals surface area contributed by atoms with Crippen LogP contribution in [0.4, 0.5) is 0 Å². The molecular formula is C6H6BrNaO2. The largest absolute Gasteiger partial charge is 1.00 e. The minimum absolute atomic E-state index is 0. The van der Waals surface area contributed by atoms with Gasteiger partial charge in [-0.3, -0.25) is 0 Å². The maximum absolute atomic E-state index is 8.87. The second-order valence-corrected chi connectivity index (χ2v) is 2.31. The Morgan fingerprint density at radius 1 is 1.20 bits per heavy atom. The molecule has 0 bridgehead atoms. The first-order valence-corrected chi connectivity index (χ1v) is 3.03. The monoisotopic (exact) mass is 212 g/mol. The van der Waals surface area contributed by atoms with Gasteiger partial charge in [-0.2, -0.15) is 0 Å². The summed E-state index contributed by atoms with van der Waals surface area (Å²) in [7, 11) is 0. The zero-order chi connectivity index (χ0) is 5.98. The van der Waals surface area contributed by atoms with Crippen molar-refractivity contribution >= 4 is 15.9 Å². The molecule has 0 aliphatic rings. The van der Waals surface area contributed by atoms with Crippen molar-refractivity contribution in [3.05, 3.63) is 28.7 Å². The summed E-state index contributed by atoms with van der Waals surface area (Å²) in [5.41, 5.74) is 0. The molecule has 0 aromatic heterocycles. The van der Waals surface area contributed by atoms with E-state index in [4.69, 9.17) is 5.11 Å². The average Bonchev–Trinajstić information content (AvgIpc) is 1.77. The van der Waals surface area contributed by atoms with Gasteiger partial charge < -0.3 is 10.6 Å². The van der Waals surface area contributed by atoms with Gasteiger partial charge in [0.15, 0.2) is 0 Å². The van der Waals surface area contributed by atoms with Crippen molar-refractivity contribution in [2.24, 2.45) is 0 Å². The van der Waals surface area contributed by atoms with Gasteiger partial charge in [0.2, 0.25) is 0 Å². The molecule has 0 saturated heterocycles. The molecule has 2 N–H and O–H groups in total. The first-order valence-electron chi connectivity index (χ1n) is 2.24. The Kier molecular flexibility index (Phi) is 8.09. The van der Waals surface area contributed by atoms with Crippen LogP contribution in [0.15, 0.2) is 28.7 Å². The van der Waals surface area contributed by atoms with Gasteiger partial charge in [0.1, 0.15) is 5.75 Å². The van der Waals surface area contributed by atoms with Crippen molar-refractivity contribution in [2.75, 3.05) is 0 Å².